The molecule has 152 valence electrons. The summed E-state index contributed by atoms with van der Waals surface area (Å²) in [5.74, 6) is -3.88. The molecule has 2 aromatic rings. The third kappa shape index (κ3) is 5.15. The lowest BCUT2D eigenvalue weighted by Gasteiger charge is -2.35. The molecule has 0 aliphatic rings. The molecule has 0 radical (unpaired) electrons. The van der Waals surface area contributed by atoms with Gasteiger partial charge >= 0.3 is 0 Å². The molecule has 1 atom stereocenters. The van der Waals surface area contributed by atoms with E-state index in [2.05, 4.69) is 0 Å². The van der Waals surface area contributed by atoms with Crippen LogP contribution < -0.4 is 5.73 Å². The molecule has 0 saturated carbocycles. The first-order valence-electron chi connectivity index (χ1n) is 9.44. The maximum absolute atomic E-state index is 15.3. The molecule has 7 heteroatoms. The molecule has 1 heterocycles. The second-order valence-electron chi connectivity index (χ2n) is 6.76. The molecule has 3 nitrogen and oxygen atoms in total. The number of nitrogens with two attached hydrogens (primary N) is 1. The molecule has 28 heavy (non-hydrogen) atoms. The van der Waals surface area contributed by atoms with Crippen molar-refractivity contribution < 1.29 is 18.0 Å². The SMILES string of the molecule is CC[Si](CC)(CC)OC(c1ccsc1)C(F)(F)C=Cc1ccccc1C(N)=O. The maximum atomic E-state index is 15.3. The molecule has 1 aromatic carbocycles. The summed E-state index contributed by atoms with van der Waals surface area (Å²) in [6.45, 7) is 6.04. The van der Waals surface area contributed by atoms with Gasteiger partial charge in [-0.15, -0.1) is 0 Å². The van der Waals surface area contributed by atoms with E-state index in [1.165, 1.54) is 23.5 Å². The van der Waals surface area contributed by atoms with Gasteiger partial charge in [-0.2, -0.15) is 20.1 Å². The van der Waals surface area contributed by atoms with Crippen LogP contribution in [0.3, 0.4) is 0 Å². The average Bonchev–Trinajstić information content (AvgIpc) is 3.22. The normalized spacial score (nSPS) is 13.8. The fourth-order valence-electron chi connectivity index (χ4n) is 3.20. The van der Waals surface area contributed by atoms with Crippen molar-refractivity contribution in [3.63, 3.8) is 0 Å². The van der Waals surface area contributed by atoms with Crippen LogP contribution in [0.4, 0.5) is 8.78 Å². The summed E-state index contributed by atoms with van der Waals surface area (Å²) in [5.41, 5.74) is 6.41. The van der Waals surface area contributed by atoms with E-state index in [1.54, 1.807) is 35.0 Å². The summed E-state index contributed by atoms with van der Waals surface area (Å²) in [5, 5.41) is 3.49. The van der Waals surface area contributed by atoms with Gasteiger partial charge in [0.1, 0.15) is 6.10 Å². The van der Waals surface area contributed by atoms with E-state index in [9.17, 15) is 4.79 Å². The summed E-state index contributed by atoms with van der Waals surface area (Å²) < 4.78 is 36.8. The van der Waals surface area contributed by atoms with Gasteiger partial charge in [-0.25, -0.2) is 0 Å². The van der Waals surface area contributed by atoms with Crippen LogP contribution in [-0.2, 0) is 4.43 Å². The van der Waals surface area contributed by atoms with Crippen LogP contribution in [0.25, 0.3) is 6.08 Å². The average molecular weight is 424 g/mol. The van der Waals surface area contributed by atoms with Crippen molar-refractivity contribution in [1.29, 1.82) is 0 Å². The summed E-state index contributed by atoms with van der Waals surface area (Å²) in [4.78, 5) is 11.6. The highest BCUT2D eigenvalue weighted by molar-refractivity contribution is 7.08. The highest BCUT2D eigenvalue weighted by Crippen LogP contribution is 2.41. The predicted molar refractivity (Wildman–Crippen MR) is 114 cm³/mol. The third-order valence-electron chi connectivity index (χ3n) is 5.21. The molecule has 0 bridgehead atoms. The quantitative estimate of drug-likeness (QED) is 0.459. The number of carbonyl (C=O) groups excluding carboxylic acids is 1. The van der Waals surface area contributed by atoms with Crippen LogP contribution in [-0.4, -0.2) is 20.1 Å². The molecule has 0 saturated heterocycles. The summed E-state index contributed by atoms with van der Waals surface area (Å²) >= 11 is 1.37. The maximum Gasteiger partial charge on any atom is 0.295 e. The smallest absolute Gasteiger partial charge is 0.295 e. The Hall–Kier alpha value is -1.83. The first-order chi connectivity index (χ1) is 13.3. The Balaban J connectivity index is 2.41. The van der Waals surface area contributed by atoms with E-state index in [4.69, 9.17) is 10.2 Å². The van der Waals surface area contributed by atoms with E-state index >= 15 is 8.78 Å². The van der Waals surface area contributed by atoms with Gasteiger partial charge in [0.25, 0.3) is 5.92 Å². The largest absolute Gasteiger partial charge is 0.404 e. The molecular formula is C21H27F2NO2SSi. The zero-order valence-electron chi connectivity index (χ0n) is 16.5. The van der Waals surface area contributed by atoms with Crippen LogP contribution in [0.2, 0.25) is 18.1 Å². The van der Waals surface area contributed by atoms with Crippen molar-refractivity contribution in [2.75, 3.05) is 0 Å². The standard InChI is InChI=1S/C21H27F2NO2SSi/c1-4-28(5-2,6-3)26-19(17-12-14-27-15-17)21(22,23)13-11-16-9-7-8-10-18(16)20(24)25/h7-15,19H,4-6H2,1-3H3,(H2,24,25). The Bertz CT molecular complexity index is 796. The number of primary amides is 1. The molecule has 1 amide bonds. The van der Waals surface area contributed by atoms with E-state index in [1.807, 2.05) is 20.8 Å². The van der Waals surface area contributed by atoms with E-state index in [-0.39, 0.29) is 5.56 Å². The second-order valence-corrected chi connectivity index (χ2v) is 12.3. The summed E-state index contributed by atoms with van der Waals surface area (Å²) in [7, 11) is -2.27. The number of alkyl halides is 2. The van der Waals surface area contributed by atoms with Crippen LogP contribution in [0.5, 0.6) is 0 Å². The van der Waals surface area contributed by atoms with Crippen LogP contribution in [0.15, 0.2) is 47.2 Å². The highest BCUT2D eigenvalue weighted by atomic mass is 32.1. The predicted octanol–water partition coefficient (Wildman–Crippen LogP) is 6.26. The van der Waals surface area contributed by atoms with Gasteiger partial charge in [0.15, 0.2) is 8.32 Å². The van der Waals surface area contributed by atoms with E-state index < -0.39 is 26.3 Å². The fraction of sp³-hybridized carbons (Fsp3) is 0.381. The second kappa shape index (κ2) is 9.58. The van der Waals surface area contributed by atoms with Crippen molar-refractivity contribution in [2.45, 2.75) is 50.9 Å². The van der Waals surface area contributed by atoms with Gasteiger partial charge in [-0.05, 0) is 58.2 Å². The van der Waals surface area contributed by atoms with E-state index in [0.29, 0.717) is 11.1 Å². The third-order valence-corrected chi connectivity index (χ3v) is 10.5. The Labute approximate surface area is 170 Å². The molecular weight excluding hydrogens is 396 g/mol. The first-order valence-corrected chi connectivity index (χ1v) is 12.9. The van der Waals surface area contributed by atoms with Gasteiger partial charge in [0, 0.05) is 5.56 Å². The van der Waals surface area contributed by atoms with Crippen molar-refractivity contribution in [1.82, 2.24) is 0 Å². The van der Waals surface area contributed by atoms with Crippen molar-refractivity contribution in [3.8, 4) is 0 Å². The zero-order chi connectivity index (χ0) is 20.8. The number of thiophene rings is 1. The summed E-state index contributed by atoms with van der Waals surface area (Å²) in [6.07, 6.45) is 0.745. The van der Waals surface area contributed by atoms with Gasteiger partial charge < -0.3 is 10.2 Å². The number of amides is 1. The van der Waals surface area contributed by atoms with E-state index in [0.717, 1.165) is 24.2 Å². The lowest BCUT2D eigenvalue weighted by molar-refractivity contribution is -0.0625. The van der Waals surface area contributed by atoms with Crippen LogP contribution in [0.1, 0.15) is 48.4 Å². The molecule has 1 unspecified atom stereocenters. The van der Waals surface area contributed by atoms with Crippen LogP contribution in [0, 0.1) is 0 Å². The van der Waals surface area contributed by atoms with Crippen molar-refractivity contribution in [2.24, 2.45) is 5.73 Å². The lowest BCUT2D eigenvalue weighted by atomic mass is 10.0. The summed E-state index contributed by atoms with van der Waals surface area (Å²) in [6, 6.07) is 10.5. The Morgan fingerprint density at radius 2 is 1.86 bits per heavy atom. The first kappa shape index (κ1) is 22.5. The van der Waals surface area contributed by atoms with Crippen LogP contribution >= 0.6 is 11.3 Å². The molecule has 0 fully saturated rings. The molecule has 2 rings (SSSR count). The lowest BCUT2D eigenvalue weighted by Crippen LogP contribution is -2.41. The topological polar surface area (TPSA) is 52.3 Å². The Morgan fingerprint density at radius 1 is 1.21 bits per heavy atom. The number of hydrogen-bond donors (Lipinski definition) is 1. The van der Waals surface area contributed by atoms with Crippen molar-refractivity contribution >= 4 is 31.6 Å². The molecule has 2 N–H and O–H groups in total. The minimum absolute atomic E-state index is 0.210. The Kier molecular flexibility index (Phi) is 7.68. The van der Waals surface area contributed by atoms with Gasteiger partial charge in [-0.3, -0.25) is 4.79 Å². The number of benzene rings is 1. The fourth-order valence-corrected chi connectivity index (χ4v) is 6.66. The molecule has 0 aliphatic carbocycles. The monoisotopic (exact) mass is 423 g/mol. The number of halogens is 2. The minimum atomic E-state index is -3.23. The number of hydrogen-bond acceptors (Lipinski definition) is 3. The van der Waals surface area contributed by atoms with Gasteiger partial charge in [0.05, 0.1) is 0 Å². The number of rotatable bonds is 10. The van der Waals surface area contributed by atoms with Gasteiger partial charge in [0.2, 0.25) is 5.91 Å². The zero-order valence-corrected chi connectivity index (χ0v) is 18.3. The van der Waals surface area contributed by atoms with Crippen molar-refractivity contribution in [3.05, 3.63) is 63.9 Å². The molecule has 0 aliphatic heterocycles. The Morgan fingerprint density at radius 3 is 2.39 bits per heavy atom. The molecule has 1 aromatic heterocycles. The van der Waals surface area contributed by atoms with Gasteiger partial charge in [-0.1, -0.05) is 45.0 Å². The molecule has 0 spiro atoms. The number of carbonyl (C=O) groups is 1. The highest BCUT2D eigenvalue weighted by Gasteiger charge is 2.44. The minimum Gasteiger partial charge on any atom is -0.404 e.